The molecular formula is C14H11N3O3. The smallest absolute Gasteiger partial charge is 0.214 e. The Kier molecular flexibility index (Phi) is 3.12. The van der Waals surface area contributed by atoms with E-state index >= 15 is 0 Å². The number of aromatic nitrogens is 2. The van der Waals surface area contributed by atoms with E-state index < -0.39 is 6.10 Å². The molecule has 1 atom stereocenters. The molecule has 0 amide bonds. The van der Waals surface area contributed by atoms with Crippen LogP contribution in [0.4, 0.5) is 0 Å². The Hall–Kier alpha value is -2.76. The van der Waals surface area contributed by atoms with Crippen molar-refractivity contribution in [1.82, 2.24) is 9.97 Å². The molecule has 1 unspecified atom stereocenters. The standard InChI is InChI=1S/C14H11N3O3/c18-14-9-3-1-2-4-12(9)20-13(7-10(14)17-19)11-8-15-5-6-16-11/h1-6,8,13,19H,7H2. The van der Waals surface area contributed by atoms with E-state index in [1.165, 1.54) is 0 Å². The van der Waals surface area contributed by atoms with Crippen LogP contribution in [-0.4, -0.2) is 26.7 Å². The highest BCUT2D eigenvalue weighted by molar-refractivity contribution is 6.46. The first-order valence-electron chi connectivity index (χ1n) is 6.07. The van der Waals surface area contributed by atoms with Crippen molar-refractivity contribution < 1.29 is 14.7 Å². The number of oxime groups is 1. The maximum Gasteiger partial charge on any atom is 0.214 e. The SMILES string of the molecule is O=C1C(=NO)CC(c2cnccn2)Oc2ccccc21. The van der Waals surface area contributed by atoms with Crippen molar-refractivity contribution in [1.29, 1.82) is 0 Å². The van der Waals surface area contributed by atoms with Gasteiger partial charge in [-0.25, -0.2) is 0 Å². The summed E-state index contributed by atoms with van der Waals surface area (Å²) in [4.78, 5) is 20.4. The second kappa shape index (κ2) is 5.08. The zero-order chi connectivity index (χ0) is 13.9. The predicted octanol–water partition coefficient (Wildman–Crippen LogP) is 2.01. The Morgan fingerprint density at radius 3 is 2.90 bits per heavy atom. The van der Waals surface area contributed by atoms with Crippen LogP contribution >= 0.6 is 0 Å². The number of carbonyl (C=O) groups is 1. The van der Waals surface area contributed by atoms with Crippen molar-refractivity contribution in [2.75, 3.05) is 0 Å². The van der Waals surface area contributed by atoms with Crippen molar-refractivity contribution in [2.45, 2.75) is 12.5 Å². The lowest BCUT2D eigenvalue weighted by Crippen LogP contribution is -2.16. The lowest BCUT2D eigenvalue weighted by molar-refractivity contribution is 0.106. The minimum atomic E-state index is -0.512. The van der Waals surface area contributed by atoms with Crippen molar-refractivity contribution in [3.63, 3.8) is 0 Å². The van der Waals surface area contributed by atoms with Crippen LogP contribution in [0.15, 0.2) is 48.0 Å². The molecule has 0 saturated heterocycles. The summed E-state index contributed by atoms with van der Waals surface area (Å²) in [5, 5.41) is 12.2. The third kappa shape index (κ3) is 2.11. The van der Waals surface area contributed by atoms with Crippen LogP contribution in [0, 0.1) is 0 Å². The maximum atomic E-state index is 12.2. The van der Waals surface area contributed by atoms with Gasteiger partial charge in [-0.3, -0.25) is 14.8 Å². The van der Waals surface area contributed by atoms with Crippen molar-refractivity contribution in [2.24, 2.45) is 5.16 Å². The van der Waals surface area contributed by atoms with Gasteiger partial charge in [-0.05, 0) is 12.1 Å². The van der Waals surface area contributed by atoms with E-state index in [-0.39, 0.29) is 17.9 Å². The molecule has 100 valence electrons. The Morgan fingerprint density at radius 1 is 1.30 bits per heavy atom. The van der Waals surface area contributed by atoms with E-state index in [2.05, 4.69) is 15.1 Å². The zero-order valence-electron chi connectivity index (χ0n) is 10.4. The fourth-order valence-electron chi connectivity index (χ4n) is 2.10. The molecule has 1 aliphatic rings. The molecule has 1 aromatic carbocycles. The van der Waals surface area contributed by atoms with Crippen LogP contribution in [0.1, 0.15) is 28.6 Å². The fraction of sp³-hybridized carbons (Fsp3) is 0.143. The number of ketones is 1. The molecule has 0 saturated carbocycles. The summed E-state index contributed by atoms with van der Waals surface area (Å²) in [7, 11) is 0. The molecule has 6 heteroatoms. The summed E-state index contributed by atoms with van der Waals surface area (Å²) in [6, 6.07) is 6.86. The van der Waals surface area contributed by atoms with Crippen LogP contribution in [0.3, 0.4) is 0 Å². The number of hydrogen-bond acceptors (Lipinski definition) is 6. The molecule has 0 fully saturated rings. The molecule has 1 N–H and O–H groups in total. The number of carbonyl (C=O) groups excluding carboxylic acids is 1. The number of rotatable bonds is 1. The van der Waals surface area contributed by atoms with Gasteiger partial charge in [-0.2, -0.15) is 0 Å². The van der Waals surface area contributed by atoms with E-state index in [4.69, 9.17) is 9.94 Å². The Bertz CT molecular complexity index is 670. The van der Waals surface area contributed by atoms with E-state index in [0.29, 0.717) is 17.0 Å². The van der Waals surface area contributed by atoms with Gasteiger partial charge in [-0.15, -0.1) is 0 Å². The lowest BCUT2D eigenvalue weighted by Gasteiger charge is -2.15. The van der Waals surface area contributed by atoms with Crippen LogP contribution < -0.4 is 4.74 Å². The number of nitrogens with zero attached hydrogens (tertiary/aromatic N) is 3. The summed E-state index contributed by atoms with van der Waals surface area (Å²) in [6.45, 7) is 0. The molecule has 20 heavy (non-hydrogen) atoms. The number of fused-ring (bicyclic) bond motifs is 1. The largest absolute Gasteiger partial charge is 0.483 e. The van der Waals surface area contributed by atoms with Gasteiger partial charge < -0.3 is 9.94 Å². The molecule has 1 aromatic heterocycles. The summed E-state index contributed by atoms with van der Waals surface area (Å²) in [5.41, 5.74) is 1.01. The first-order chi connectivity index (χ1) is 9.79. The van der Waals surface area contributed by atoms with Gasteiger partial charge in [0.25, 0.3) is 0 Å². The van der Waals surface area contributed by atoms with E-state index in [1.54, 1.807) is 42.9 Å². The molecule has 0 spiro atoms. The highest BCUT2D eigenvalue weighted by atomic mass is 16.5. The van der Waals surface area contributed by atoms with Crippen LogP contribution in [0.25, 0.3) is 0 Å². The van der Waals surface area contributed by atoms with E-state index in [9.17, 15) is 4.79 Å². The number of para-hydroxylation sites is 1. The topological polar surface area (TPSA) is 84.7 Å². The summed E-state index contributed by atoms with van der Waals surface area (Å²) >= 11 is 0. The van der Waals surface area contributed by atoms with E-state index in [0.717, 1.165) is 0 Å². The molecule has 2 heterocycles. The fourth-order valence-corrected chi connectivity index (χ4v) is 2.10. The molecule has 6 nitrogen and oxygen atoms in total. The van der Waals surface area contributed by atoms with Gasteiger partial charge in [0.1, 0.15) is 17.6 Å². The maximum absolute atomic E-state index is 12.2. The Balaban J connectivity index is 2.07. The van der Waals surface area contributed by atoms with Gasteiger partial charge in [0.15, 0.2) is 0 Å². The van der Waals surface area contributed by atoms with Crippen molar-refractivity contribution in [3.8, 4) is 5.75 Å². The van der Waals surface area contributed by atoms with Crippen LogP contribution in [0.2, 0.25) is 0 Å². The number of Topliss-reactive ketones (excluding diaryl/α,β-unsaturated/α-hetero) is 1. The summed E-state index contributed by atoms with van der Waals surface area (Å²) in [6.07, 6.45) is 4.30. The molecule has 3 rings (SSSR count). The number of benzene rings is 1. The molecule has 0 radical (unpaired) electrons. The van der Waals surface area contributed by atoms with Gasteiger partial charge in [0, 0.05) is 18.8 Å². The molecule has 0 aliphatic carbocycles. The molecular weight excluding hydrogens is 258 g/mol. The highest BCUT2D eigenvalue weighted by Gasteiger charge is 2.30. The number of hydrogen-bond donors (Lipinski definition) is 1. The van der Waals surface area contributed by atoms with Gasteiger partial charge >= 0.3 is 0 Å². The minimum absolute atomic E-state index is 0.0469. The van der Waals surface area contributed by atoms with Gasteiger partial charge in [-0.1, -0.05) is 17.3 Å². The molecule has 2 aromatic rings. The third-order valence-corrected chi connectivity index (χ3v) is 3.08. The molecule has 1 aliphatic heterocycles. The van der Waals surface area contributed by atoms with Gasteiger partial charge in [0.05, 0.1) is 17.5 Å². The van der Waals surface area contributed by atoms with Gasteiger partial charge in [0.2, 0.25) is 5.78 Å². The second-order valence-corrected chi connectivity index (χ2v) is 4.31. The van der Waals surface area contributed by atoms with Crippen LogP contribution in [0.5, 0.6) is 5.75 Å². The summed E-state index contributed by atoms with van der Waals surface area (Å²) in [5.74, 6) is 0.112. The summed E-state index contributed by atoms with van der Waals surface area (Å²) < 4.78 is 5.83. The highest BCUT2D eigenvalue weighted by Crippen LogP contribution is 2.31. The molecule has 0 bridgehead atoms. The number of ether oxygens (including phenoxy) is 1. The first kappa shape index (κ1) is 12.3. The Morgan fingerprint density at radius 2 is 2.15 bits per heavy atom. The monoisotopic (exact) mass is 269 g/mol. The minimum Gasteiger partial charge on any atom is -0.483 e. The van der Waals surface area contributed by atoms with E-state index in [1.807, 2.05) is 0 Å². The second-order valence-electron chi connectivity index (χ2n) is 4.31. The normalized spacial score (nSPS) is 20.1. The third-order valence-electron chi connectivity index (χ3n) is 3.08. The quantitative estimate of drug-likeness (QED) is 0.632. The van der Waals surface area contributed by atoms with Crippen molar-refractivity contribution in [3.05, 3.63) is 54.1 Å². The zero-order valence-corrected chi connectivity index (χ0v) is 10.4. The average molecular weight is 269 g/mol. The average Bonchev–Trinajstić information content (AvgIpc) is 2.65. The lowest BCUT2D eigenvalue weighted by atomic mass is 10.0. The predicted molar refractivity (Wildman–Crippen MR) is 70.0 cm³/mol. The van der Waals surface area contributed by atoms with Crippen molar-refractivity contribution >= 4 is 11.5 Å². The Labute approximate surface area is 114 Å². The first-order valence-corrected chi connectivity index (χ1v) is 6.07. The van der Waals surface area contributed by atoms with Crippen LogP contribution in [-0.2, 0) is 0 Å².